The van der Waals surface area contributed by atoms with Gasteiger partial charge in [-0.05, 0) is 43.3 Å². The molecule has 0 radical (unpaired) electrons. The molecule has 0 unspecified atom stereocenters. The lowest BCUT2D eigenvalue weighted by molar-refractivity contribution is 0.0383. The van der Waals surface area contributed by atoms with Crippen LogP contribution in [0.3, 0.4) is 0 Å². The van der Waals surface area contributed by atoms with Gasteiger partial charge in [0, 0.05) is 67.7 Å². The Morgan fingerprint density at radius 1 is 1.07 bits per heavy atom. The van der Waals surface area contributed by atoms with E-state index in [1.54, 1.807) is 17.8 Å². The van der Waals surface area contributed by atoms with Gasteiger partial charge in [-0.3, -0.25) is 19.2 Å². The third-order valence-corrected chi connectivity index (χ3v) is 8.38. The van der Waals surface area contributed by atoms with Crippen LogP contribution in [0, 0.1) is 11.6 Å². The summed E-state index contributed by atoms with van der Waals surface area (Å²) in [6.45, 7) is 5.28. The number of morpholine rings is 1. The molecule has 228 valence electrons. The Bertz CT molecular complexity index is 1830. The minimum absolute atomic E-state index is 0.0295. The number of aryl methyl sites for hydroxylation is 1. The number of anilines is 1. The highest BCUT2D eigenvalue weighted by Gasteiger charge is 2.21. The minimum atomic E-state index is -3.65. The SMILES string of the molecule is CCS(=O)(=O)Nc1ccc(Oc2ccc(F)cc2F)c(-c2cn(C)c3c(=O)[nH]c(C(=O)NCCN4CCOCC4)cc23)c1. The van der Waals surface area contributed by atoms with Gasteiger partial charge in [0.1, 0.15) is 22.8 Å². The summed E-state index contributed by atoms with van der Waals surface area (Å²) in [6.07, 6.45) is 1.63. The van der Waals surface area contributed by atoms with Crippen LogP contribution in [0.2, 0.25) is 0 Å². The van der Waals surface area contributed by atoms with Gasteiger partial charge < -0.3 is 24.3 Å². The summed E-state index contributed by atoms with van der Waals surface area (Å²) in [5.74, 6) is -2.52. The van der Waals surface area contributed by atoms with Crippen LogP contribution in [-0.2, 0) is 21.8 Å². The number of aromatic nitrogens is 2. The van der Waals surface area contributed by atoms with Gasteiger partial charge in [-0.25, -0.2) is 17.2 Å². The minimum Gasteiger partial charge on any atom is -0.454 e. The van der Waals surface area contributed by atoms with E-state index in [2.05, 4.69) is 19.9 Å². The van der Waals surface area contributed by atoms with Gasteiger partial charge in [-0.2, -0.15) is 0 Å². The Hall–Kier alpha value is -4.27. The number of H-pyrrole nitrogens is 1. The van der Waals surface area contributed by atoms with Crippen molar-refractivity contribution in [1.29, 1.82) is 0 Å². The number of nitrogens with zero attached hydrogens (tertiary/aromatic N) is 2. The standard InChI is InChI=1S/C29H31F2N5O6S/c1-3-43(39,40)34-19-5-7-25(42-26-6-4-18(30)14-23(26)31)20(15-19)22-17-35(2)27-21(22)16-24(33-29(27)38)28(37)32-8-9-36-10-12-41-13-11-36/h4-7,14-17,34H,3,8-13H2,1-2H3,(H,32,37)(H,33,38). The molecule has 0 bridgehead atoms. The van der Waals surface area contributed by atoms with Gasteiger partial charge >= 0.3 is 0 Å². The lowest BCUT2D eigenvalue weighted by Gasteiger charge is -2.26. The Kier molecular flexibility index (Phi) is 8.80. The molecule has 11 nitrogen and oxygen atoms in total. The average molecular weight is 616 g/mol. The molecule has 1 saturated heterocycles. The molecule has 0 saturated carbocycles. The number of carbonyl (C=O) groups excluding carboxylic acids is 1. The first-order valence-electron chi connectivity index (χ1n) is 13.6. The van der Waals surface area contributed by atoms with E-state index in [0.29, 0.717) is 48.9 Å². The van der Waals surface area contributed by atoms with Crippen LogP contribution in [0.25, 0.3) is 22.0 Å². The molecule has 1 fully saturated rings. The lowest BCUT2D eigenvalue weighted by atomic mass is 10.0. The van der Waals surface area contributed by atoms with E-state index in [-0.39, 0.29) is 34.1 Å². The molecule has 3 N–H and O–H groups in total. The average Bonchev–Trinajstić information content (AvgIpc) is 3.32. The fourth-order valence-electron chi connectivity index (χ4n) is 4.84. The van der Waals surface area contributed by atoms with Gasteiger partial charge in [0.05, 0.1) is 19.0 Å². The molecule has 43 heavy (non-hydrogen) atoms. The third-order valence-electron chi connectivity index (χ3n) is 7.07. The van der Waals surface area contributed by atoms with E-state index in [9.17, 15) is 26.8 Å². The Morgan fingerprint density at radius 3 is 2.53 bits per heavy atom. The number of carbonyl (C=O) groups is 1. The van der Waals surface area contributed by atoms with Crippen molar-refractivity contribution in [3.63, 3.8) is 0 Å². The predicted molar refractivity (Wildman–Crippen MR) is 158 cm³/mol. The molecule has 0 atom stereocenters. The number of ether oxygens (including phenoxy) is 2. The quantitative estimate of drug-likeness (QED) is 0.249. The van der Waals surface area contributed by atoms with Crippen LogP contribution in [-0.4, -0.2) is 73.9 Å². The number of aromatic amines is 1. The monoisotopic (exact) mass is 615 g/mol. The highest BCUT2D eigenvalue weighted by molar-refractivity contribution is 7.92. The number of halogens is 2. The first-order chi connectivity index (χ1) is 20.5. The number of sulfonamides is 1. The molecule has 14 heteroatoms. The Balaban J connectivity index is 1.55. The fraction of sp³-hybridized carbons (Fsp3) is 0.310. The van der Waals surface area contributed by atoms with Gasteiger partial charge in [-0.15, -0.1) is 0 Å². The summed E-state index contributed by atoms with van der Waals surface area (Å²) in [5, 5.41) is 3.21. The molecule has 2 aromatic carbocycles. The van der Waals surface area contributed by atoms with Gasteiger partial charge in [0.25, 0.3) is 11.5 Å². The molecule has 5 rings (SSSR count). The van der Waals surface area contributed by atoms with E-state index in [1.165, 1.54) is 31.2 Å². The normalized spacial score (nSPS) is 14.1. The summed E-state index contributed by atoms with van der Waals surface area (Å²) in [6, 6.07) is 8.76. The Morgan fingerprint density at radius 2 is 1.81 bits per heavy atom. The fourth-order valence-corrected chi connectivity index (χ4v) is 5.47. The second-order valence-electron chi connectivity index (χ2n) is 10.0. The van der Waals surface area contributed by atoms with E-state index in [0.717, 1.165) is 25.2 Å². The molecule has 3 heterocycles. The number of fused-ring (bicyclic) bond motifs is 1. The first-order valence-corrected chi connectivity index (χ1v) is 15.3. The number of rotatable bonds is 10. The molecular weight excluding hydrogens is 584 g/mol. The zero-order valence-corrected chi connectivity index (χ0v) is 24.4. The third kappa shape index (κ3) is 6.87. The van der Waals surface area contributed by atoms with Crippen molar-refractivity contribution in [2.45, 2.75) is 6.92 Å². The zero-order valence-electron chi connectivity index (χ0n) is 23.6. The maximum Gasteiger partial charge on any atom is 0.273 e. The zero-order chi connectivity index (χ0) is 30.7. The van der Waals surface area contributed by atoms with Crippen LogP contribution >= 0.6 is 0 Å². The van der Waals surface area contributed by atoms with Crippen LogP contribution in [0.15, 0.2) is 53.5 Å². The van der Waals surface area contributed by atoms with Crippen molar-refractivity contribution in [1.82, 2.24) is 19.8 Å². The van der Waals surface area contributed by atoms with Crippen molar-refractivity contribution >= 4 is 32.5 Å². The highest BCUT2D eigenvalue weighted by Crippen LogP contribution is 2.40. The number of amides is 1. The van der Waals surface area contributed by atoms with Crippen molar-refractivity contribution in [2.75, 3.05) is 49.9 Å². The van der Waals surface area contributed by atoms with Gasteiger partial charge in [0.2, 0.25) is 10.0 Å². The van der Waals surface area contributed by atoms with Crippen LogP contribution < -0.4 is 20.3 Å². The summed E-state index contributed by atoms with van der Waals surface area (Å²) in [7, 11) is -2.00. The van der Waals surface area contributed by atoms with E-state index in [1.807, 2.05) is 0 Å². The van der Waals surface area contributed by atoms with Gasteiger partial charge in [0.15, 0.2) is 11.6 Å². The number of benzene rings is 2. The maximum atomic E-state index is 14.5. The number of hydrogen-bond acceptors (Lipinski definition) is 7. The molecule has 1 aliphatic heterocycles. The summed E-state index contributed by atoms with van der Waals surface area (Å²) < 4.78 is 67.9. The Labute approximate surface area is 246 Å². The number of hydrogen-bond donors (Lipinski definition) is 3. The van der Waals surface area contributed by atoms with Crippen molar-refractivity contribution < 1.29 is 31.5 Å². The van der Waals surface area contributed by atoms with Crippen molar-refractivity contribution in [3.05, 3.63) is 76.3 Å². The molecule has 1 aliphatic rings. The van der Waals surface area contributed by atoms with Crippen molar-refractivity contribution in [2.24, 2.45) is 7.05 Å². The van der Waals surface area contributed by atoms with Crippen LogP contribution in [0.5, 0.6) is 11.5 Å². The molecule has 2 aromatic heterocycles. The summed E-state index contributed by atoms with van der Waals surface area (Å²) >= 11 is 0. The second-order valence-corrected chi connectivity index (χ2v) is 12.0. The first kappa shape index (κ1) is 30.2. The summed E-state index contributed by atoms with van der Waals surface area (Å²) in [4.78, 5) is 31.0. The van der Waals surface area contributed by atoms with Crippen molar-refractivity contribution in [3.8, 4) is 22.6 Å². The van der Waals surface area contributed by atoms with E-state index < -0.39 is 33.1 Å². The topological polar surface area (TPSA) is 135 Å². The van der Waals surface area contributed by atoms with E-state index >= 15 is 0 Å². The maximum absolute atomic E-state index is 14.5. The second kappa shape index (κ2) is 12.5. The number of pyridine rings is 1. The summed E-state index contributed by atoms with van der Waals surface area (Å²) in [5.41, 5.74) is 0.683. The molecular formula is C29H31F2N5O6S. The van der Waals surface area contributed by atoms with E-state index in [4.69, 9.17) is 9.47 Å². The van der Waals surface area contributed by atoms with Crippen LogP contribution in [0.1, 0.15) is 17.4 Å². The molecule has 0 aliphatic carbocycles. The highest BCUT2D eigenvalue weighted by atomic mass is 32.2. The molecule has 4 aromatic rings. The smallest absolute Gasteiger partial charge is 0.273 e. The molecule has 1 amide bonds. The number of nitrogens with one attached hydrogen (secondary N) is 3. The van der Waals surface area contributed by atoms with Gasteiger partial charge in [-0.1, -0.05) is 0 Å². The lowest BCUT2D eigenvalue weighted by Crippen LogP contribution is -2.41. The predicted octanol–water partition coefficient (Wildman–Crippen LogP) is 3.43. The van der Waals surface area contributed by atoms with Crippen LogP contribution in [0.4, 0.5) is 14.5 Å². The molecule has 0 spiro atoms. The largest absolute Gasteiger partial charge is 0.454 e.